The molecule has 0 fully saturated rings. The van der Waals surface area contributed by atoms with E-state index in [1.807, 2.05) is 30.3 Å². The summed E-state index contributed by atoms with van der Waals surface area (Å²) >= 11 is 0. The number of hydrogen-bond donors (Lipinski definition) is 1. The second-order valence-corrected chi connectivity index (χ2v) is 6.57. The van der Waals surface area contributed by atoms with Crippen molar-refractivity contribution >= 4 is 5.91 Å². The molecule has 0 saturated heterocycles. The Bertz CT molecular complexity index is 919. The highest BCUT2D eigenvalue weighted by Crippen LogP contribution is 2.28. The Hall–Kier alpha value is -2.99. The van der Waals surface area contributed by atoms with E-state index in [1.54, 1.807) is 29.2 Å². The molecule has 2 aromatic carbocycles. The number of aliphatic hydroxyl groups is 1. The Morgan fingerprint density at radius 3 is 2.54 bits per heavy atom. The highest BCUT2D eigenvalue weighted by atomic mass is 16.3. The van der Waals surface area contributed by atoms with E-state index < -0.39 is 0 Å². The van der Waals surface area contributed by atoms with Crippen molar-refractivity contribution in [2.45, 2.75) is 26.1 Å². The molecule has 0 bridgehead atoms. The first-order valence-electron chi connectivity index (χ1n) is 8.65. The molecule has 6 nitrogen and oxygen atoms in total. The number of amides is 1. The van der Waals surface area contributed by atoms with Gasteiger partial charge in [-0.25, -0.2) is 0 Å². The van der Waals surface area contributed by atoms with Crippen molar-refractivity contribution in [1.82, 2.24) is 19.7 Å². The van der Waals surface area contributed by atoms with Crippen LogP contribution in [0.4, 0.5) is 0 Å². The zero-order valence-corrected chi connectivity index (χ0v) is 14.5. The average molecular weight is 348 g/mol. The zero-order valence-electron chi connectivity index (χ0n) is 14.5. The van der Waals surface area contributed by atoms with Crippen LogP contribution < -0.4 is 0 Å². The molecule has 0 spiro atoms. The van der Waals surface area contributed by atoms with Gasteiger partial charge in [-0.15, -0.1) is 10.2 Å². The standard InChI is InChI=1S/C20H20N4O2/c1-14-11-23(20(26)17-9-7-15(13-25)8-10-17)12-18-21-22-19(24(14)18)16-5-3-2-4-6-16/h2-10,14,25H,11-13H2,1H3/t14-/m0/s1. The first-order valence-corrected chi connectivity index (χ1v) is 8.65. The minimum Gasteiger partial charge on any atom is -0.392 e. The molecule has 1 aliphatic heterocycles. The van der Waals surface area contributed by atoms with Crippen LogP contribution in [-0.4, -0.2) is 37.2 Å². The second-order valence-electron chi connectivity index (χ2n) is 6.57. The predicted octanol–water partition coefficient (Wildman–Crippen LogP) is 2.65. The number of carbonyl (C=O) groups is 1. The molecule has 1 atom stereocenters. The topological polar surface area (TPSA) is 71.2 Å². The van der Waals surface area contributed by atoms with E-state index in [2.05, 4.69) is 21.7 Å². The van der Waals surface area contributed by atoms with E-state index in [0.717, 1.165) is 22.8 Å². The number of fused-ring (bicyclic) bond motifs is 1. The Morgan fingerprint density at radius 2 is 1.85 bits per heavy atom. The molecule has 6 heteroatoms. The fourth-order valence-corrected chi connectivity index (χ4v) is 3.40. The number of hydrogen-bond acceptors (Lipinski definition) is 4. The number of carbonyl (C=O) groups excluding carboxylic acids is 1. The largest absolute Gasteiger partial charge is 0.392 e. The van der Waals surface area contributed by atoms with Gasteiger partial charge in [0.05, 0.1) is 19.2 Å². The van der Waals surface area contributed by atoms with Crippen molar-refractivity contribution in [3.63, 3.8) is 0 Å². The molecule has 3 aromatic rings. The molecular formula is C20H20N4O2. The van der Waals surface area contributed by atoms with Gasteiger partial charge in [0.1, 0.15) is 0 Å². The quantitative estimate of drug-likeness (QED) is 0.790. The van der Waals surface area contributed by atoms with Gasteiger partial charge in [0.25, 0.3) is 5.91 Å². The van der Waals surface area contributed by atoms with Gasteiger partial charge < -0.3 is 14.6 Å². The second kappa shape index (κ2) is 6.72. The third kappa shape index (κ3) is 2.88. The molecule has 2 heterocycles. The SMILES string of the molecule is C[C@H]1CN(C(=O)c2ccc(CO)cc2)Cc2nnc(-c3ccccc3)n21. The normalized spacial score (nSPS) is 16.4. The van der Waals surface area contributed by atoms with E-state index >= 15 is 0 Å². The third-order valence-corrected chi connectivity index (χ3v) is 4.73. The molecular weight excluding hydrogens is 328 g/mol. The Morgan fingerprint density at radius 1 is 1.12 bits per heavy atom. The number of aromatic nitrogens is 3. The van der Waals surface area contributed by atoms with Crippen LogP contribution >= 0.6 is 0 Å². The summed E-state index contributed by atoms with van der Waals surface area (Å²) in [5, 5.41) is 17.8. The fraction of sp³-hybridized carbons (Fsp3) is 0.250. The molecule has 1 amide bonds. The maximum atomic E-state index is 12.8. The van der Waals surface area contributed by atoms with Gasteiger partial charge in [0.15, 0.2) is 11.6 Å². The lowest BCUT2D eigenvalue weighted by atomic mass is 10.1. The maximum absolute atomic E-state index is 12.8. The van der Waals surface area contributed by atoms with Gasteiger partial charge in [-0.1, -0.05) is 42.5 Å². The van der Waals surface area contributed by atoms with E-state index in [4.69, 9.17) is 5.11 Å². The van der Waals surface area contributed by atoms with Crippen LogP contribution in [0.3, 0.4) is 0 Å². The molecule has 26 heavy (non-hydrogen) atoms. The van der Waals surface area contributed by atoms with Gasteiger partial charge in [0.2, 0.25) is 0 Å². The smallest absolute Gasteiger partial charge is 0.254 e. The highest BCUT2D eigenvalue weighted by molar-refractivity contribution is 5.94. The lowest BCUT2D eigenvalue weighted by molar-refractivity contribution is 0.0682. The summed E-state index contributed by atoms with van der Waals surface area (Å²) in [7, 11) is 0. The van der Waals surface area contributed by atoms with Crippen molar-refractivity contribution in [2.75, 3.05) is 6.54 Å². The monoisotopic (exact) mass is 348 g/mol. The van der Waals surface area contributed by atoms with Gasteiger partial charge in [-0.05, 0) is 24.6 Å². The van der Waals surface area contributed by atoms with Crippen LogP contribution in [0.15, 0.2) is 54.6 Å². The van der Waals surface area contributed by atoms with Crippen molar-refractivity contribution in [1.29, 1.82) is 0 Å². The molecule has 1 aliphatic rings. The first-order chi connectivity index (χ1) is 12.7. The summed E-state index contributed by atoms with van der Waals surface area (Å²) < 4.78 is 2.12. The first kappa shape index (κ1) is 16.5. The summed E-state index contributed by atoms with van der Waals surface area (Å²) in [6.45, 7) is 3.09. The Labute approximate surface area is 151 Å². The molecule has 0 radical (unpaired) electrons. The molecule has 0 unspecified atom stereocenters. The summed E-state index contributed by atoms with van der Waals surface area (Å²) in [5.74, 6) is 1.60. The molecule has 4 rings (SSSR count). The molecule has 1 N–H and O–H groups in total. The third-order valence-electron chi connectivity index (χ3n) is 4.73. The van der Waals surface area contributed by atoms with Gasteiger partial charge in [0, 0.05) is 17.7 Å². The summed E-state index contributed by atoms with van der Waals surface area (Å²) in [4.78, 5) is 14.6. The van der Waals surface area contributed by atoms with Crippen LogP contribution in [0, 0.1) is 0 Å². The minimum atomic E-state index is -0.0307. The Kier molecular flexibility index (Phi) is 4.26. The van der Waals surface area contributed by atoms with Gasteiger partial charge in [-0.3, -0.25) is 4.79 Å². The summed E-state index contributed by atoms with van der Waals surface area (Å²) in [6.07, 6.45) is 0. The molecule has 132 valence electrons. The number of nitrogens with zero attached hydrogens (tertiary/aromatic N) is 4. The molecule has 0 saturated carbocycles. The molecule has 1 aromatic heterocycles. The summed E-state index contributed by atoms with van der Waals surface area (Å²) in [6, 6.07) is 17.1. The zero-order chi connectivity index (χ0) is 18.1. The van der Waals surface area contributed by atoms with E-state index in [1.165, 1.54) is 0 Å². The predicted molar refractivity (Wildman–Crippen MR) is 97.3 cm³/mol. The average Bonchev–Trinajstić information content (AvgIpc) is 3.13. The van der Waals surface area contributed by atoms with Crippen molar-refractivity contribution in [2.24, 2.45) is 0 Å². The number of benzene rings is 2. The van der Waals surface area contributed by atoms with E-state index in [-0.39, 0.29) is 18.6 Å². The minimum absolute atomic E-state index is 0.0272. The van der Waals surface area contributed by atoms with Crippen LogP contribution in [-0.2, 0) is 13.2 Å². The van der Waals surface area contributed by atoms with Crippen LogP contribution in [0.25, 0.3) is 11.4 Å². The highest BCUT2D eigenvalue weighted by Gasteiger charge is 2.30. The van der Waals surface area contributed by atoms with E-state index in [9.17, 15) is 4.79 Å². The number of rotatable bonds is 3. The van der Waals surface area contributed by atoms with Crippen LogP contribution in [0.2, 0.25) is 0 Å². The van der Waals surface area contributed by atoms with Crippen molar-refractivity contribution in [3.05, 3.63) is 71.5 Å². The van der Waals surface area contributed by atoms with Crippen molar-refractivity contribution < 1.29 is 9.90 Å². The summed E-state index contributed by atoms with van der Waals surface area (Å²) in [5.41, 5.74) is 2.43. The molecule has 0 aliphatic carbocycles. The van der Waals surface area contributed by atoms with Crippen LogP contribution in [0.5, 0.6) is 0 Å². The Balaban J connectivity index is 1.60. The lowest BCUT2D eigenvalue weighted by Crippen LogP contribution is -2.40. The van der Waals surface area contributed by atoms with Gasteiger partial charge in [-0.2, -0.15) is 0 Å². The number of aliphatic hydroxyl groups excluding tert-OH is 1. The maximum Gasteiger partial charge on any atom is 0.254 e. The lowest BCUT2D eigenvalue weighted by Gasteiger charge is -2.32. The van der Waals surface area contributed by atoms with E-state index in [0.29, 0.717) is 18.7 Å². The van der Waals surface area contributed by atoms with Crippen molar-refractivity contribution in [3.8, 4) is 11.4 Å². The van der Waals surface area contributed by atoms with Crippen LogP contribution in [0.1, 0.15) is 34.7 Å². The van der Waals surface area contributed by atoms with Gasteiger partial charge >= 0.3 is 0 Å². The fourth-order valence-electron chi connectivity index (χ4n) is 3.40.